The van der Waals surface area contributed by atoms with Crippen LogP contribution in [0.3, 0.4) is 0 Å². The minimum absolute atomic E-state index is 0.164. The van der Waals surface area contributed by atoms with Crippen molar-refractivity contribution in [2.45, 2.75) is 25.8 Å². The number of amides is 1. The lowest BCUT2D eigenvalue weighted by molar-refractivity contribution is -0.138. The van der Waals surface area contributed by atoms with Crippen LogP contribution in [0.5, 0.6) is 0 Å². The fraction of sp³-hybridized carbons (Fsp3) is 0.267. The summed E-state index contributed by atoms with van der Waals surface area (Å²) in [5.74, 6) is -1.43. The second-order valence-corrected chi connectivity index (χ2v) is 5.79. The molecule has 2 N–H and O–H groups in total. The minimum atomic E-state index is -0.982. The number of halogens is 1. The summed E-state index contributed by atoms with van der Waals surface area (Å²) >= 11 is 6.08. The zero-order chi connectivity index (χ0) is 15.6. The van der Waals surface area contributed by atoms with Crippen LogP contribution in [-0.4, -0.2) is 27.5 Å². The molecule has 0 aliphatic carbocycles. The molecule has 0 bridgehead atoms. The molecule has 1 amide bonds. The zero-order valence-electron chi connectivity index (χ0n) is 11.7. The molecule has 0 radical (unpaired) electrons. The number of nitrogens with zero attached hydrogens (tertiary/aromatic N) is 1. The summed E-state index contributed by atoms with van der Waals surface area (Å²) < 4.78 is 0. The van der Waals surface area contributed by atoms with E-state index in [-0.39, 0.29) is 17.3 Å². The molecule has 0 spiro atoms. The monoisotopic (exact) mass is 306 g/mol. The minimum Gasteiger partial charge on any atom is -0.481 e. The van der Waals surface area contributed by atoms with Crippen LogP contribution >= 0.6 is 11.6 Å². The van der Waals surface area contributed by atoms with Crippen molar-refractivity contribution in [3.8, 4) is 0 Å². The number of fused-ring (bicyclic) bond motifs is 1. The smallest absolute Gasteiger partial charge is 0.305 e. The molecule has 0 saturated heterocycles. The predicted octanol–water partition coefficient (Wildman–Crippen LogP) is 2.87. The van der Waals surface area contributed by atoms with Gasteiger partial charge in [-0.2, -0.15) is 0 Å². The van der Waals surface area contributed by atoms with Gasteiger partial charge in [-0.1, -0.05) is 35.9 Å². The quantitative estimate of drug-likeness (QED) is 0.851. The Morgan fingerprint density at radius 3 is 2.67 bits per heavy atom. The maximum absolute atomic E-state index is 12.2. The van der Waals surface area contributed by atoms with E-state index in [2.05, 4.69) is 10.3 Å². The molecular weight excluding hydrogens is 292 g/mol. The number of carbonyl (C=O) groups is 2. The van der Waals surface area contributed by atoms with Crippen molar-refractivity contribution in [3.05, 3.63) is 41.2 Å². The van der Waals surface area contributed by atoms with Crippen LogP contribution in [-0.2, 0) is 4.79 Å². The summed E-state index contributed by atoms with van der Waals surface area (Å²) in [7, 11) is 0. The van der Waals surface area contributed by atoms with Crippen LogP contribution in [0.15, 0.2) is 30.3 Å². The standard InChI is InChI=1S/C15H15ClN2O3/c1-15(2,8-12(19)20)18-14(21)11-7-9-5-3-4-6-10(9)13(16)17-11/h3-7H,8H2,1-2H3,(H,18,21)(H,19,20). The number of hydrogen-bond acceptors (Lipinski definition) is 3. The third-order valence-electron chi connectivity index (χ3n) is 2.97. The van der Waals surface area contributed by atoms with Crippen molar-refractivity contribution in [1.82, 2.24) is 10.3 Å². The molecule has 1 heterocycles. The number of aliphatic carboxylic acids is 1. The molecule has 0 unspecified atom stereocenters. The van der Waals surface area contributed by atoms with Gasteiger partial charge in [0, 0.05) is 10.9 Å². The van der Waals surface area contributed by atoms with Crippen molar-refractivity contribution in [2.75, 3.05) is 0 Å². The summed E-state index contributed by atoms with van der Waals surface area (Å²) in [5.41, 5.74) is -0.708. The molecule has 1 aromatic heterocycles. The van der Waals surface area contributed by atoms with E-state index in [4.69, 9.17) is 16.7 Å². The highest BCUT2D eigenvalue weighted by Gasteiger charge is 2.25. The molecule has 0 aliphatic heterocycles. The number of benzene rings is 1. The van der Waals surface area contributed by atoms with Crippen molar-refractivity contribution >= 4 is 34.2 Å². The van der Waals surface area contributed by atoms with Crippen LogP contribution in [0.2, 0.25) is 5.15 Å². The number of carboxylic acid groups (broad SMARTS) is 1. The second-order valence-electron chi connectivity index (χ2n) is 5.43. The van der Waals surface area contributed by atoms with Crippen molar-refractivity contribution in [1.29, 1.82) is 0 Å². The maximum atomic E-state index is 12.2. The van der Waals surface area contributed by atoms with Crippen LogP contribution in [0.1, 0.15) is 30.8 Å². The fourth-order valence-electron chi connectivity index (χ4n) is 2.07. The van der Waals surface area contributed by atoms with Crippen LogP contribution < -0.4 is 5.32 Å². The molecule has 1 aromatic carbocycles. The van der Waals surface area contributed by atoms with Crippen molar-refractivity contribution < 1.29 is 14.7 Å². The lowest BCUT2D eigenvalue weighted by Gasteiger charge is -2.24. The Morgan fingerprint density at radius 1 is 1.33 bits per heavy atom. The van der Waals surface area contributed by atoms with Crippen LogP contribution in [0.25, 0.3) is 10.8 Å². The van der Waals surface area contributed by atoms with Gasteiger partial charge in [-0.15, -0.1) is 0 Å². The third kappa shape index (κ3) is 3.70. The normalized spacial score (nSPS) is 11.4. The lowest BCUT2D eigenvalue weighted by Crippen LogP contribution is -2.45. The SMILES string of the molecule is CC(C)(CC(=O)O)NC(=O)c1cc2ccccc2c(Cl)n1. The first-order chi connectivity index (χ1) is 9.78. The van der Waals surface area contributed by atoms with E-state index in [1.165, 1.54) is 0 Å². The van der Waals surface area contributed by atoms with Gasteiger partial charge in [0.05, 0.1) is 6.42 Å². The number of aromatic nitrogens is 1. The molecule has 0 atom stereocenters. The average Bonchev–Trinajstić information content (AvgIpc) is 2.36. The number of hydrogen-bond donors (Lipinski definition) is 2. The highest BCUT2D eigenvalue weighted by molar-refractivity contribution is 6.34. The van der Waals surface area contributed by atoms with Gasteiger partial charge in [-0.3, -0.25) is 9.59 Å². The highest BCUT2D eigenvalue weighted by Crippen LogP contribution is 2.22. The largest absolute Gasteiger partial charge is 0.481 e. The Morgan fingerprint density at radius 2 is 2.00 bits per heavy atom. The van der Waals surface area contributed by atoms with Crippen molar-refractivity contribution in [3.63, 3.8) is 0 Å². The van der Waals surface area contributed by atoms with E-state index >= 15 is 0 Å². The maximum Gasteiger partial charge on any atom is 0.305 e. The Hall–Kier alpha value is -2.14. The Bertz CT molecular complexity index is 713. The number of carboxylic acids is 1. The summed E-state index contributed by atoms with van der Waals surface area (Å²) in [5, 5.41) is 13.3. The zero-order valence-corrected chi connectivity index (χ0v) is 12.4. The molecule has 0 fully saturated rings. The van der Waals surface area contributed by atoms with E-state index < -0.39 is 17.4 Å². The number of rotatable bonds is 4. The topological polar surface area (TPSA) is 79.3 Å². The van der Waals surface area contributed by atoms with E-state index in [1.54, 1.807) is 19.9 Å². The molecule has 2 aromatic rings. The summed E-state index contributed by atoms with van der Waals surface area (Å²) in [4.78, 5) is 27.1. The summed E-state index contributed by atoms with van der Waals surface area (Å²) in [6, 6.07) is 8.97. The van der Waals surface area contributed by atoms with Gasteiger partial charge in [-0.05, 0) is 25.3 Å². The van der Waals surface area contributed by atoms with Gasteiger partial charge in [-0.25, -0.2) is 4.98 Å². The molecule has 0 aliphatic rings. The van der Waals surface area contributed by atoms with Gasteiger partial charge in [0.1, 0.15) is 10.8 Å². The number of pyridine rings is 1. The Kier molecular flexibility index (Phi) is 4.14. The molecule has 110 valence electrons. The number of carbonyl (C=O) groups excluding carboxylic acids is 1. The first-order valence-electron chi connectivity index (χ1n) is 6.38. The van der Waals surface area contributed by atoms with E-state index in [0.29, 0.717) is 0 Å². The Balaban J connectivity index is 2.30. The van der Waals surface area contributed by atoms with Gasteiger partial charge >= 0.3 is 5.97 Å². The molecule has 21 heavy (non-hydrogen) atoms. The molecule has 2 rings (SSSR count). The number of nitrogens with one attached hydrogen (secondary N) is 1. The van der Waals surface area contributed by atoms with Crippen LogP contribution in [0.4, 0.5) is 0 Å². The molecular formula is C15H15ClN2O3. The van der Waals surface area contributed by atoms with E-state index in [1.807, 2.05) is 24.3 Å². The predicted molar refractivity (Wildman–Crippen MR) is 80.6 cm³/mol. The fourth-order valence-corrected chi connectivity index (χ4v) is 2.33. The molecule has 5 nitrogen and oxygen atoms in total. The van der Waals surface area contributed by atoms with Gasteiger partial charge in [0.25, 0.3) is 5.91 Å². The third-order valence-corrected chi connectivity index (χ3v) is 3.26. The van der Waals surface area contributed by atoms with Gasteiger partial charge < -0.3 is 10.4 Å². The lowest BCUT2D eigenvalue weighted by atomic mass is 10.0. The van der Waals surface area contributed by atoms with Gasteiger partial charge in [0.15, 0.2) is 0 Å². The summed E-state index contributed by atoms with van der Waals surface area (Å²) in [6.07, 6.45) is -0.181. The first kappa shape index (κ1) is 15.3. The molecule has 6 heteroatoms. The molecule has 0 saturated carbocycles. The van der Waals surface area contributed by atoms with Crippen molar-refractivity contribution in [2.24, 2.45) is 0 Å². The highest BCUT2D eigenvalue weighted by atomic mass is 35.5. The Labute approximate surface area is 126 Å². The summed E-state index contributed by atoms with van der Waals surface area (Å²) in [6.45, 7) is 3.28. The first-order valence-corrected chi connectivity index (χ1v) is 6.76. The van der Waals surface area contributed by atoms with E-state index in [0.717, 1.165) is 10.8 Å². The average molecular weight is 307 g/mol. The second kappa shape index (κ2) is 5.69. The van der Waals surface area contributed by atoms with Crippen LogP contribution in [0, 0.1) is 0 Å². The van der Waals surface area contributed by atoms with Gasteiger partial charge in [0.2, 0.25) is 0 Å². The van der Waals surface area contributed by atoms with E-state index in [9.17, 15) is 9.59 Å².